The van der Waals surface area contributed by atoms with Gasteiger partial charge in [-0.05, 0) is 18.9 Å². The average molecular weight is 322 g/mol. The molecule has 1 aromatic carbocycles. The van der Waals surface area contributed by atoms with Gasteiger partial charge in [0.1, 0.15) is 16.5 Å². The number of carbonyl (C=O) groups excluding carboxylic acids is 1. The first-order valence-electron chi connectivity index (χ1n) is 6.06. The smallest absolute Gasteiger partial charge is 0.254 e. The summed E-state index contributed by atoms with van der Waals surface area (Å²) in [5.41, 5.74) is -0.577. The van der Waals surface area contributed by atoms with Gasteiger partial charge >= 0.3 is 0 Å². The summed E-state index contributed by atoms with van der Waals surface area (Å²) in [6.45, 7) is 0.778. The van der Waals surface area contributed by atoms with E-state index >= 15 is 0 Å². The number of halogens is 2. The van der Waals surface area contributed by atoms with E-state index in [9.17, 15) is 22.0 Å². The number of amides is 1. The topological polar surface area (TPSA) is 98.5 Å². The van der Waals surface area contributed by atoms with Gasteiger partial charge in [-0.3, -0.25) is 4.79 Å². The zero-order valence-electron chi connectivity index (χ0n) is 11.4. The Hall–Kier alpha value is -1.58. The van der Waals surface area contributed by atoms with Crippen molar-refractivity contribution in [2.75, 3.05) is 20.3 Å². The molecule has 1 amide bonds. The molecular weight excluding hydrogens is 306 g/mol. The summed E-state index contributed by atoms with van der Waals surface area (Å²) >= 11 is 0. The van der Waals surface area contributed by atoms with Crippen LogP contribution in [0.3, 0.4) is 0 Å². The molecule has 0 aromatic heterocycles. The minimum atomic E-state index is -4.38. The van der Waals surface area contributed by atoms with Crippen LogP contribution >= 0.6 is 0 Å². The minimum Gasteiger partial charge on any atom is -0.385 e. The van der Waals surface area contributed by atoms with Crippen molar-refractivity contribution >= 4 is 15.9 Å². The third-order valence-electron chi connectivity index (χ3n) is 2.63. The number of rotatable bonds is 7. The fourth-order valence-corrected chi connectivity index (χ4v) is 2.20. The van der Waals surface area contributed by atoms with Crippen LogP contribution in [0.2, 0.25) is 0 Å². The molecule has 0 unspecified atom stereocenters. The normalized spacial score (nSPS) is 11.4. The number of methoxy groups -OCH3 is 1. The van der Waals surface area contributed by atoms with Crippen molar-refractivity contribution in [3.8, 4) is 0 Å². The number of nitrogens with two attached hydrogens (primary N) is 1. The standard InChI is InChI=1S/C12H16F2N2O4S/c1-20-5-3-2-4-16-12(17)8-6-11(21(15,18)19)10(14)7-9(8)13/h6-7H,2-5H2,1H3,(H,16,17)(H2,15,18,19). The first kappa shape index (κ1) is 17.5. The van der Waals surface area contributed by atoms with Gasteiger partial charge < -0.3 is 10.1 Å². The number of hydrogen-bond acceptors (Lipinski definition) is 4. The number of nitrogens with one attached hydrogen (secondary N) is 1. The summed E-state index contributed by atoms with van der Waals surface area (Å²) in [6, 6.07) is 0.907. The van der Waals surface area contributed by atoms with Gasteiger partial charge in [-0.15, -0.1) is 0 Å². The minimum absolute atomic E-state index is 0.254. The average Bonchev–Trinajstić information content (AvgIpc) is 2.36. The monoisotopic (exact) mass is 322 g/mol. The molecule has 9 heteroatoms. The summed E-state index contributed by atoms with van der Waals surface area (Å²) < 4.78 is 54.0. The molecule has 0 spiro atoms. The second kappa shape index (κ2) is 7.43. The molecule has 21 heavy (non-hydrogen) atoms. The predicted octanol–water partition coefficient (Wildman–Crippen LogP) is 0.769. The molecular formula is C12H16F2N2O4S. The third kappa shape index (κ3) is 5.03. The fraction of sp³-hybridized carbons (Fsp3) is 0.417. The van der Waals surface area contributed by atoms with E-state index < -0.39 is 38.0 Å². The number of carbonyl (C=O) groups is 1. The van der Waals surface area contributed by atoms with Gasteiger partial charge in [-0.25, -0.2) is 22.3 Å². The number of benzene rings is 1. The Morgan fingerprint density at radius 3 is 2.52 bits per heavy atom. The highest BCUT2D eigenvalue weighted by atomic mass is 32.2. The summed E-state index contributed by atoms with van der Waals surface area (Å²) in [7, 11) is -2.83. The van der Waals surface area contributed by atoms with Crippen LogP contribution in [0.25, 0.3) is 0 Å². The van der Waals surface area contributed by atoms with Crippen molar-refractivity contribution in [2.45, 2.75) is 17.7 Å². The second-order valence-electron chi connectivity index (χ2n) is 4.26. The fourth-order valence-electron chi connectivity index (χ4n) is 1.59. The number of unbranched alkanes of at least 4 members (excludes halogenated alkanes) is 1. The Morgan fingerprint density at radius 2 is 1.95 bits per heavy atom. The first-order valence-corrected chi connectivity index (χ1v) is 7.61. The Balaban J connectivity index is 2.85. The van der Waals surface area contributed by atoms with Crippen molar-refractivity contribution in [3.63, 3.8) is 0 Å². The van der Waals surface area contributed by atoms with Gasteiger partial charge in [0, 0.05) is 26.3 Å². The lowest BCUT2D eigenvalue weighted by Gasteiger charge is -2.08. The molecule has 0 atom stereocenters. The van der Waals surface area contributed by atoms with Crippen molar-refractivity contribution in [2.24, 2.45) is 5.14 Å². The zero-order valence-corrected chi connectivity index (χ0v) is 12.2. The van der Waals surface area contributed by atoms with E-state index in [0.717, 1.165) is 0 Å². The molecule has 0 saturated carbocycles. The molecule has 0 aliphatic carbocycles. The third-order valence-corrected chi connectivity index (χ3v) is 3.56. The van der Waals surface area contributed by atoms with Crippen LogP contribution in [-0.2, 0) is 14.8 Å². The maximum Gasteiger partial charge on any atom is 0.254 e. The van der Waals surface area contributed by atoms with Crippen molar-refractivity contribution in [1.29, 1.82) is 0 Å². The molecule has 0 aliphatic heterocycles. The number of sulfonamides is 1. The predicted molar refractivity (Wildman–Crippen MR) is 71.2 cm³/mol. The van der Waals surface area contributed by atoms with E-state index in [2.05, 4.69) is 5.32 Å². The molecule has 0 fully saturated rings. The van der Waals surface area contributed by atoms with Crippen molar-refractivity contribution in [3.05, 3.63) is 29.3 Å². The van der Waals surface area contributed by atoms with E-state index in [1.54, 1.807) is 7.11 Å². The van der Waals surface area contributed by atoms with E-state index in [1.165, 1.54) is 0 Å². The van der Waals surface area contributed by atoms with Gasteiger partial charge in [-0.2, -0.15) is 0 Å². The molecule has 0 heterocycles. The Labute approximate surface area is 121 Å². The summed E-state index contributed by atoms with van der Waals surface area (Å²) in [5, 5.41) is 7.20. The summed E-state index contributed by atoms with van der Waals surface area (Å²) in [6.07, 6.45) is 1.30. The molecule has 1 rings (SSSR count). The van der Waals surface area contributed by atoms with E-state index in [4.69, 9.17) is 9.88 Å². The molecule has 0 radical (unpaired) electrons. The van der Waals surface area contributed by atoms with Gasteiger partial charge in [0.05, 0.1) is 5.56 Å². The highest BCUT2D eigenvalue weighted by Crippen LogP contribution is 2.18. The van der Waals surface area contributed by atoms with Crippen LogP contribution < -0.4 is 10.5 Å². The number of primary sulfonamides is 1. The quantitative estimate of drug-likeness (QED) is 0.724. The van der Waals surface area contributed by atoms with Crippen LogP contribution in [-0.4, -0.2) is 34.6 Å². The van der Waals surface area contributed by atoms with Crippen molar-refractivity contribution < 1.29 is 26.7 Å². The molecule has 0 aliphatic rings. The SMILES string of the molecule is COCCCCNC(=O)c1cc(S(N)(=O)=O)c(F)cc1F. The summed E-state index contributed by atoms with van der Waals surface area (Å²) in [4.78, 5) is 10.8. The van der Waals surface area contributed by atoms with E-state index in [-0.39, 0.29) is 6.54 Å². The number of hydrogen-bond donors (Lipinski definition) is 2. The van der Waals surface area contributed by atoms with Gasteiger partial charge in [0.2, 0.25) is 10.0 Å². The van der Waals surface area contributed by atoms with Crippen molar-refractivity contribution in [1.82, 2.24) is 5.32 Å². The largest absolute Gasteiger partial charge is 0.385 e. The maximum absolute atomic E-state index is 13.5. The van der Waals surface area contributed by atoms with Gasteiger partial charge in [0.25, 0.3) is 5.91 Å². The number of ether oxygens (including phenoxy) is 1. The van der Waals surface area contributed by atoms with E-state index in [1.807, 2.05) is 0 Å². The second-order valence-corrected chi connectivity index (χ2v) is 5.79. The molecule has 1 aromatic rings. The lowest BCUT2D eigenvalue weighted by Crippen LogP contribution is -2.26. The lowest BCUT2D eigenvalue weighted by molar-refractivity contribution is 0.0947. The van der Waals surface area contributed by atoms with Crippen LogP contribution in [0.1, 0.15) is 23.2 Å². The van der Waals surface area contributed by atoms with Crippen LogP contribution in [0.4, 0.5) is 8.78 Å². The highest BCUT2D eigenvalue weighted by Gasteiger charge is 2.21. The Kier molecular flexibility index (Phi) is 6.19. The van der Waals surface area contributed by atoms with Crippen LogP contribution in [0.15, 0.2) is 17.0 Å². The van der Waals surface area contributed by atoms with Crippen LogP contribution in [0.5, 0.6) is 0 Å². The highest BCUT2D eigenvalue weighted by molar-refractivity contribution is 7.89. The van der Waals surface area contributed by atoms with Gasteiger partial charge in [0.15, 0.2) is 0 Å². The summed E-state index contributed by atoms with van der Waals surface area (Å²) in [5.74, 6) is -3.34. The molecule has 0 saturated heterocycles. The zero-order chi connectivity index (χ0) is 16.0. The molecule has 6 nitrogen and oxygen atoms in total. The molecule has 0 bridgehead atoms. The van der Waals surface area contributed by atoms with E-state index in [0.29, 0.717) is 31.6 Å². The maximum atomic E-state index is 13.5. The Morgan fingerprint density at radius 1 is 1.29 bits per heavy atom. The van der Waals surface area contributed by atoms with Crippen LogP contribution in [0, 0.1) is 11.6 Å². The van der Waals surface area contributed by atoms with Gasteiger partial charge in [-0.1, -0.05) is 0 Å². The lowest BCUT2D eigenvalue weighted by atomic mass is 10.2. The molecule has 118 valence electrons. The molecule has 3 N–H and O–H groups in total. The first-order chi connectivity index (χ1) is 9.77. The Bertz CT molecular complexity index is 620.